The van der Waals surface area contributed by atoms with Gasteiger partial charge in [0.2, 0.25) is 23.6 Å². The van der Waals surface area contributed by atoms with Gasteiger partial charge in [0.15, 0.2) is 0 Å². The summed E-state index contributed by atoms with van der Waals surface area (Å²) in [5.41, 5.74) is 6.18. The van der Waals surface area contributed by atoms with Gasteiger partial charge in [-0.15, -0.1) is 11.8 Å². The fourth-order valence-corrected chi connectivity index (χ4v) is 6.09. The second-order valence-corrected chi connectivity index (χ2v) is 10.9. The Labute approximate surface area is 217 Å². The lowest BCUT2D eigenvalue weighted by molar-refractivity contribution is -0.161. The Bertz CT molecular complexity index is 1110. The number of carboxylic acid groups (broad SMARTS) is 1. The van der Waals surface area contributed by atoms with Gasteiger partial charge in [-0.1, -0.05) is 30.3 Å². The summed E-state index contributed by atoms with van der Waals surface area (Å²) in [6, 6.07) is 1.92. The maximum atomic E-state index is 13.6. The summed E-state index contributed by atoms with van der Waals surface area (Å²) >= 11 is 1.24. The van der Waals surface area contributed by atoms with Crippen LogP contribution in [0.25, 0.3) is 0 Å². The number of amides is 6. The van der Waals surface area contributed by atoms with Crippen molar-refractivity contribution < 1.29 is 33.9 Å². The number of thioether (sulfide) groups is 1. The molecular weight excluding hydrogens is 504 g/mol. The topological polar surface area (TPSA) is 191 Å². The number of hydrogen-bond donors (Lipinski definition) is 5. The summed E-state index contributed by atoms with van der Waals surface area (Å²) in [7, 11) is 2.63. The predicted octanol–water partition coefficient (Wildman–Crippen LogP) is -1.01. The van der Waals surface area contributed by atoms with Crippen LogP contribution in [-0.2, 0) is 24.0 Å². The number of β-lactam (4-membered cyclic amide) rings is 1. The molecule has 0 bridgehead atoms. The molecule has 1 aromatic rings. The zero-order chi connectivity index (χ0) is 27.7. The van der Waals surface area contributed by atoms with Crippen molar-refractivity contribution in [1.82, 2.24) is 25.8 Å². The van der Waals surface area contributed by atoms with Crippen molar-refractivity contribution in [1.29, 1.82) is 0 Å². The monoisotopic (exact) mass is 534 g/mol. The van der Waals surface area contributed by atoms with Crippen molar-refractivity contribution in [2.75, 3.05) is 14.1 Å². The van der Waals surface area contributed by atoms with Crippen LogP contribution in [0, 0.1) is 0 Å². The number of benzene rings is 1. The van der Waals surface area contributed by atoms with E-state index in [1.165, 1.54) is 42.9 Å². The minimum Gasteiger partial charge on any atom is -0.480 e. The van der Waals surface area contributed by atoms with Gasteiger partial charge >= 0.3 is 12.0 Å². The number of nitrogens with two attached hydrogens (primary N) is 1. The Hall–Kier alpha value is -3.65. The molecule has 3 rings (SSSR count). The quantitative estimate of drug-likeness (QED) is 0.260. The number of aliphatic carboxylic acids is 1. The van der Waals surface area contributed by atoms with Crippen molar-refractivity contribution in [3.8, 4) is 0 Å². The van der Waals surface area contributed by atoms with E-state index in [9.17, 15) is 33.9 Å². The molecule has 0 saturated carbocycles. The van der Waals surface area contributed by atoms with Gasteiger partial charge in [0.1, 0.15) is 23.5 Å². The fraction of sp³-hybridized carbons (Fsp3) is 0.478. The van der Waals surface area contributed by atoms with E-state index >= 15 is 0 Å². The minimum absolute atomic E-state index is 0.260. The van der Waals surface area contributed by atoms with Crippen LogP contribution in [0.4, 0.5) is 4.79 Å². The highest BCUT2D eigenvalue weighted by Crippen LogP contribution is 2.50. The van der Waals surface area contributed by atoms with Gasteiger partial charge in [-0.2, -0.15) is 0 Å². The van der Waals surface area contributed by atoms with Crippen molar-refractivity contribution in [2.24, 2.45) is 5.73 Å². The molecule has 2 aliphatic heterocycles. The average Bonchev–Trinajstić information content (AvgIpc) is 3.12. The van der Waals surface area contributed by atoms with Gasteiger partial charge in [-0.3, -0.25) is 19.2 Å². The maximum Gasteiger partial charge on any atom is 0.327 e. The number of fused-ring (bicyclic) bond motifs is 1. The number of nitrogens with zero attached hydrogens (tertiary/aromatic N) is 2. The number of urea groups is 1. The summed E-state index contributed by atoms with van der Waals surface area (Å²) in [6.07, 6.45) is -0.424. The number of carboxylic acids is 1. The van der Waals surface area contributed by atoms with Crippen LogP contribution < -0.4 is 21.7 Å². The molecule has 13 nitrogen and oxygen atoms in total. The standard InChI is InChI=1S/C23H30N6O7S/c1-23(2)16(21(34)35)29-19(33)14(20(29)37-23)27-17(31)15(11-8-6-5-7-9-11)28(22(36)26-4)18(32)12(24)10-13(30)25-3/h5-9,12,14-16,20H,10,24H2,1-4H3,(H,25,30)(H,26,36)(H,27,31)(H,34,35)/t12?,14-,15?,16+,20-/m1/s1. The molecular formula is C23H30N6O7S. The molecule has 5 atom stereocenters. The Morgan fingerprint density at radius 1 is 1.14 bits per heavy atom. The summed E-state index contributed by atoms with van der Waals surface area (Å²) in [5.74, 6) is -4.08. The zero-order valence-corrected chi connectivity index (χ0v) is 21.6. The molecule has 0 spiro atoms. The second kappa shape index (κ2) is 10.8. The summed E-state index contributed by atoms with van der Waals surface area (Å²) in [4.78, 5) is 78.1. The van der Waals surface area contributed by atoms with Gasteiger partial charge in [-0.25, -0.2) is 14.5 Å². The number of hydrogen-bond acceptors (Lipinski definition) is 8. The van der Waals surface area contributed by atoms with Crippen LogP contribution >= 0.6 is 11.8 Å². The average molecular weight is 535 g/mol. The number of rotatable bonds is 8. The van der Waals surface area contributed by atoms with E-state index in [0.717, 1.165) is 0 Å². The SMILES string of the molecule is CNC(=O)CC(N)C(=O)N(C(=O)NC)C(C(=O)N[C@@H]1C(=O)N2[C@@H]1SC(C)(C)[C@@H]2C(=O)O)c1ccccc1. The lowest BCUT2D eigenvalue weighted by Gasteiger charge is -2.44. The smallest absolute Gasteiger partial charge is 0.327 e. The molecule has 2 aliphatic rings. The van der Waals surface area contributed by atoms with Crippen molar-refractivity contribution in [3.63, 3.8) is 0 Å². The van der Waals surface area contributed by atoms with E-state index in [4.69, 9.17) is 5.73 Å². The Morgan fingerprint density at radius 2 is 1.76 bits per heavy atom. The Balaban J connectivity index is 1.93. The highest BCUT2D eigenvalue weighted by molar-refractivity contribution is 8.01. The minimum atomic E-state index is -1.53. The lowest BCUT2D eigenvalue weighted by Crippen LogP contribution is -2.71. The number of carbonyl (C=O) groups is 6. The first kappa shape index (κ1) is 27.9. The van der Waals surface area contributed by atoms with Crippen LogP contribution in [0.15, 0.2) is 30.3 Å². The number of carbonyl (C=O) groups excluding carboxylic acids is 5. The molecule has 2 unspecified atom stereocenters. The van der Waals surface area contributed by atoms with Gasteiger partial charge in [0.05, 0.1) is 12.5 Å². The molecule has 200 valence electrons. The fourth-order valence-electron chi connectivity index (χ4n) is 4.46. The van der Waals surface area contributed by atoms with Crippen LogP contribution in [0.5, 0.6) is 0 Å². The van der Waals surface area contributed by atoms with E-state index in [1.807, 2.05) is 0 Å². The van der Waals surface area contributed by atoms with Crippen LogP contribution in [0.2, 0.25) is 0 Å². The van der Waals surface area contributed by atoms with E-state index in [-0.39, 0.29) is 5.56 Å². The predicted molar refractivity (Wildman–Crippen MR) is 133 cm³/mol. The molecule has 0 radical (unpaired) electrons. The third-order valence-electron chi connectivity index (χ3n) is 6.27. The first-order chi connectivity index (χ1) is 17.3. The summed E-state index contributed by atoms with van der Waals surface area (Å²) in [5, 5.41) is 16.3. The Morgan fingerprint density at radius 3 is 2.30 bits per heavy atom. The molecule has 14 heteroatoms. The van der Waals surface area contributed by atoms with Crippen LogP contribution in [0.1, 0.15) is 31.9 Å². The molecule has 2 saturated heterocycles. The molecule has 37 heavy (non-hydrogen) atoms. The first-order valence-corrected chi connectivity index (χ1v) is 12.3. The number of imide groups is 1. The normalized spacial score (nSPS) is 23.1. The molecule has 1 aromatic carbocycles. The Kier molecular flexibility index (Phi) is 8.12. The van der Waals surface area contributed by atoms with Crippen molar-refractivity contribution in [2.45, 2.75) is 54.6 Å². The molecule has 2 heterocycles. The van der Waals surface area contributed by atoms with E-state index in [1.54, 1.807) is 32.0 Å². The largest absolute Gasteiger partial charge is 0.480 e. The second-order valence-electron chi connectivity index (χ2n) is 9.14. The van der Waals surface area contributed by atoms with Crippen LogP contribution in [0.3, 0.4) is 0 Å². The molecule has 6 amide bonds. The third-order valence-corrected chi connectivity index (χ3v) is 7.84. The molecule has 0 aromatic heterocycles. The molecule has 2 fully saturated rings. The van der Waals surface area contributed by atoms with Crippen molar-refractivity contribution >= 4 is 47.4 Å². The lowest BCUT2D eigenvalue weighted by atomic mass is 9.95. The van der Waals surface area contributed by atoms with Gasteiger partial charge < -0.3 is 31.7 Å². The third kappa shape index (κ3) is 5.25. The van der Waals surface area contributed by atoms with E-state index < -0.39 is 76.3 Å². The van der Waals surface area contributed by atoms with E-state index in [2.05, 4.69) is 16.0 Å². The van der Waals surface area contributed by atoms with Gasteiger partial charge in [0, 0.05) is 18.8 Å². The van der Waals surface area contributed by atoms with Crippen LogP contribution in [-0.4, -0.2) is 92.9 Å². The van der Waals surface area contributed by atoms with Gasteiger partial charge in [0.25, 0.3) is 0 Å². The molecule has 6 N–H and O–H groups in total. The molecule has 0 aliphatic carbocycles. The van der Waals surface area contributed by atoms with Crippen molar-refractivity contribution in [3.05, 3.63) is 35.9 Å². The first-order valence-electron chi connectivity index (χ1n) is 11.4. The van der Waals surface area contributed by atoms with E-state index in [0.29, 0.717) is 4.90 Å². The summed E-state index contributed by atoms with van der Waals surface area (Å²) < 4.78 is -0.804. The maximum absolute atomic E-state index is 13.6. The highest BCUT2D eigenvalue weighted by Gasteiger charge is 2.64. The zero-order valence-electron chi connectivity index (χ0n) is 20.8. The number of nitrogens with one attached hydrogen (secondary N) is 3. The van der Waals surface area contributed by atoms with Gasteiger partial charge in [-0.05, 0) is 19.4 Å². The highest BCUT2D eigenvalue weighted by atomic mass is 32.2. The summed E-state index contributed by atoms with van der Waals surface area (Å²) in [6.45, 7) is 3.40.